The summed E-state index contributed by atoms with van der Waals surface area (Å²) in [5, 5.41) is 33.9. The summed E-state index contributed by atoms with van der Waals surface area (Å²) in [7, 11) is 0. The minimum absolute atomic E-state index is 0.00652. The molecule has 4 rings (SSSR count). The van der Waals surface area contributed by atoms with Gasteiger partial charge in [0.2, 0.25) is 0 Å². The third-order valence-corrected chi connectivity index (χ3v) is 6.76. The standard InChI is InChI=1S/C33H26N2O8/c1-5-27(21-10-14-25(36)15-11-21)42-32(38)29-19(3)34-20(4)30(31(29)23-8-7-9-24(18-23)35(40)41)33(39)43-28(6-2)22-12-16-26(37)17-13-22/h1-2,7-18,27-28,31,34,36-37H,3-4H3. The first-order chi connectivity index (χ1) is 20.5. The smallest absolute Gasteiger partial charge is 0.338 e. The predicted octanol–water partition coefficient (Wildman–Crippen LogP) is 5.08. The highest BCUT2D eigenvalue weighted by atomic mass is 16.6. The maximum absolute atomic E-state index is 13.8. The topological polar surface area (TPSA) is 148 Å². The monoisotopic (exact) mass is 578 g/mol. The Labute approximate surface area is 247 Å². The van der Waals surface area contributed by atoms with Crippen molar-refractivity contribution >= 4 is 17.6 Å². The Morgan fingerprint density at radius 2 is 1.28 bits per heavy atom. The van der Waals surface area contributed by atoms with Crippen molar-refractivity contribution in [2.75, 3.05) is 0 Å². The number of terminal acetylenes is 2. The van der Waals surface area contributed by atoms with Gasteiger partial charge in [-0.3, -0.25) is 10.1 Å². The van der Waals surface area contributed by atoms with Crippen molar-refractivity contribution in [1.82, 2.24) is 5.32 Å². The van der Waals surface area contributed by atoms with Crippen molar-refractivity contribution in [2.24, 2.45) is 0 Å². The van der Waals surface area contributed by atoms with Crippen LogP contribution in [0.15, 0.2) is 95.3 Å². The number of nitrogens with zero attached hydrogens (tertiary/aromatic N) is 1. The van der Waals surface area contributed by atoms with Crippen LogP contribution in [-0.2, 0) is 19.1 Å². The zero-order chi connectivity index (χ0) is 31.3. The Bertz CT molecular complexity index is 1620. The number of carbonyl (C=O) groups excluding carboxylic acids is 2. The van der Waals surface area contributed by atoms with Gasteiger partial charge in [-0.25, -0.2) is 9.59 Å². The van der Waals surface area contributed by atoms with E-state index < -0.39 is 35.0 Å². The van der Waals surface area contributed by atoms with E-state index in [0.717, 1.165) is 0 Å². The van der Waals surface area contributed by atoms with E-state index in [9.17, 15) is 29.9 Å². The van der Waals surface area contributed by atoms with Gasteiger partial charge >= 0.3 is 11.9 Å². The van der Waals surface area contributed by atoms with Gasteiger partial charge in [0.1, 0.15) is 11.5 Å². The number of non-ortho nitro benzene ring substituents is 1. The molecule has 3 N–H and O–H groups in total. The third-order valence-electron chi connectivity index (χ3n) is 6.76. The molecule has 0 aromatic heterocycles. The Morgan fingerprint density at radius 3 is 1.67 bits per heavy atom. The van der Waals surface area contributed by atoms with Crippen LogP contribution in [0.25, 0.3) is 0 Å². The van der Waals surface area contributed by atoms with Crippen molar-refractivity contribution < 1.29 is 34.2 Å². The number of nitro groups is 1. The molecule has 216 valence electrons. The van der Waals surface area contributed by atoms with E-state index in [2.05, 4.69) is 17.2 Å². The van der Waals surface area contributed by atoms with Crippen molar-refractivity contribution in [1.29, 1.82) is 0 Å². The molecule has 0 aliphatic carbocycles. The number of hydrogen-bond acceptors (Lipinski definition) is 9. The number of phenols is 2. The molecule has 3 aromatic rings. The number of hydrogen-bond donors (Lipinski definition) is 3. The summed E-state index contributed by atoms with van der Waals surface area (Å²) < 4.78 is 11.4. The fourth-order valence-corrected chi connectivity index (χ4v) is 4.72. The Morgan fingerprint density at radius 1 is 0.837 bits per heavy atom. The highest BCUT2D eigenvalue weighted by Crippen LogP contribution is 2.41. The first kappa shape index (κ1) is 30.0. The second-order valence-corrected chi connectivity index (χ2v) is 9.57. The molecule has 43 heavy (non-hydrogen) atoms. The molecule has 0 fully saturated rings. The second-order valence-electron chi connectivity index (χ2n) is 9.57. The van der Waals surface area contributed by atoms with Gasteiger partial charge in [-0.2, -0.15) is 0 Å². The molecule has 1 heterocycles. The zero-order valence-corrected chi connectivity index (χ0v) is 23.1. The van der Waals surface area contributed by atoms with Gasteiger partial charge in [0, 0.05) is 34.7 Å². The molecule has 1 aliphatic rings. The van der Waals surface area contributed by atoms with E-state index >= 15 is 0 Å². The fourth-order valence-electron chi connectivity index (χ4n) is 4.72. The average Bonchev–Trinajstić information content (AvgIpc) is 2.99. The SMILES string of the molecule is C#CC(OC(=O)C1=C(C)NC(C)=C(C(=O)OC(C#C)c2ccc(O)cc2)C1c1cccc([N+](=O)[O-])c1)c1ccc(O)cc1. The number of dihydropyridines is 1. The third kappa shape index (κ3) is 6.50. The normalized spacial score (nSPS) is 15.8. The van der Waals surface area contributed by atoms with Gasteiger partial charge in [0.15, 0.2) is 12.2 Å². The van der Waals surface area contributed by atoms with E-state index in [4.69, 9.17) is 22.3 Å². The maximum atomic E-state index is 13.8. The molecule has 2 atom stereocenters. The number of nitro benzene ring substituents is 1. The molecule has 0 amide bonds. The molecular formula is C33H26N2O8. The van der Waals surface area contributed by atoms with Crippen LogP contribution in [-0.4, -0.2) is 27.1 Å². The van der Waals surface area contributed by atoms with Gasteiger partial charge in [0.25, 0.3) is 5.69 Å². The van der Waals surface area contributed by atoms with Crippen LogP contribution in [0.3, 0.4) is 0 Å². The summed E-state index contributed by atoms with van der Waals surface area (Å²) in [5.41, 5.74) is 1.41. The van der Waals surface area contributed by atoms with E-state index in [1.54, 1.807) is 19.9 Å². The lowest BCUT2D eigenvalue weighted by molar-refractivity contribution is -0.384. The number of aromatic hydroxyl groups is 2. The highest BCUT2D eigenvalue weighted by molar-refractivity contribution is 6.00. The molecule has 3 aromatic carbocycles. The number of carbonyl (C=O) groups is 2. The number of ether oxygens (including phenoxy) is 2. The molecule has 10 nitrogen and oxygen atoms in total. The summed E-state index contributed by atoms with van der Waals surface area (Å²) in [6.45, 7) is 3.19. The number of phenolic OH excluding ortho intramolecular Hbond substituents is 2. The molecular weight excluding hydrogens is 552 g/mol. The maximum Gasteiger partial charge on any atom is 0.338 e. The largest absolute Gasteiger partial charge is 0.508 e. The van der Waals surface area contributed by atoms with Crippen LogP contribution in [0.4, 0.5) is 5.69 Å². The molecule has 0 saturated heterocycles. The van der Waals surface area contributed by atoms with Gasteiger partial charge in [0.05, 0.1) is 22.0 Å². The summed E-state index contributed by atoms with van der Waals surface area (Å²) in [6.07, 6.45) is 9.04. The van der Waals surface area contributed by atoms with Gasteiger partial charge in [-0.1, -0.05) is 48.2 Å². The lowest BCUT2D eigenvalue weighted by Gasteiger charge is -2.31. The van der Waals surface area contributed by atoms with Crippen molar-refractivity contribution in [2.45, 2.75) is 32.0 Å². The zero-order valence-electron chi connectivity index (χ0n) is 23.1. The van der Waals surface area contributed by atoms with Crippen LogP contribution >= 0.6 is 0 Å². The van der Waals surface area contributed by atoms with Gasteiger partial charge in [-0.05, 0) is 43.7 Å². The molecule has 0 saturated carbocycles. The Hall–Kier alpha value is -6.00. The van der Waals surface area contributed by atoms with E-state index in [1.807, 2.05) is 0 Å². The minimum atomic E-state index is -1.17. The number of rotatable bonds is 8. The van der Waals surface area contributed by atoms with Crippen LogP contribution in [0.2, 0.25) is 0 Å². The molecule has 10 heteroatoms. The fraction of sp³-hybridized carbons (Fsp3) is 0.152. The number of esters is 2. The van der Waals surface area contributed by atoms with Crippen molar-refractivity contribution in [3.8, 4) is 36.2 Å². The highest BCUT2D eigenvalue weighted by Gasteiger charge is 2.40. The quantitative estimate of drug-likeness (QED) is 0.144. The second kappa shape index (κ2) is 12.7. The van der Waals surface area contributed by atoms with Gasteiger partial charge in [-0.15, -0.1) is 12.8 Å². The summed E-state index contributed by atoms with van der Waals surface area (Å²) >= 11 is 0. The Balaban J connectivity index is 1.78. The Kier molecular flexibility index (Phi) is 8.83. The van der Waals surface area contributed by atoms with Crippen LogP contribution < -0.4 is 5.32 Å². The van der Waals surface area contributed by atoms with Crippen LogP contribution in [0, 0.1) is 34.8 Å². The van der Waals surface area contributed by atoms with Gasteiger partial charge < -0.3 is 25.0 Å². The summed E-state index contributed by atoms with van der Waals surface area (Å²) in [5.74, 6) is 1.84. The van der Waals surface area contributed by atoms with Crippen molar-refractivity contribution in [3.05, 3.63) is 122 Å². The lowest BCUT2D eigenvalue weighted by Crippen LogP contribution is -2.33. The van der Waals surface area contributed by atoms with E-state index in [0.29, 0.717) is 22.5 Å². The number of allylic oxidation sites excluding steroid dienone is 2. The first-order valence-electron chi connectivity index (χ1n) is 12.9. The molecule has 2 unspecified atom stereocenters. The molecule has 0 radical (unpaired) electrons. The van der Waals surface area contributed by atoms with E-state index in [-0.39, 0.29) is 33.9 Å². The summed E-state index contributed by atoms with van der Waals surface area (Å²) in [6, 6.07) is 17.1. The predicted molar refractivity (Wildman–Crippen MR) is 156 cm³/mol. The van der Waals surface area contributed by atoms with Crippen LogP contribution in [0.5, 0.6) is 11.5 Å². The lowest BCUT2D eigenvalue weighted by atomic mass is 9.80. The number of nitrogens with one attached hydrogen (secondary N) is 1. The average molecular weight is 579 g/mol. The molecule has 0 bridgehead atoms. The summed E-state index contributed by atoms with van der Waals surface area (Å²) in [4.78, 5) is 38.6. The molecule has 1 aliphatic heterocycles. The molecule has 0 spiro atoms. The van der Waals surface area contributed by atoms with Crippen LogP contribution in [0.1, 0.15) is 48.7 Å². The van der Waals surface area contributed by atoms with E-state index in [1.165, 1.54) is 66.7 Å². The minimum Gasteiger partial charge on any atom is -0.508 e. The first-order valence-corrected chi connectivity index (χ1v) is 12.9. The van der Waals surface area contributed by atoms with Crippen molar-refractivity contribution in [3.63, 3.8) is 0 Å². The number of benzene rings is 3.